The van der Waals surface area contributed by atoms with Crippen LogP contribution in [0, 0.1) is 6.20 Å². The third-order valence-electron chi connectivity index (χ3n) is 1.71. The molecule has 0 unspecified atom stereocenters. The van der Waals surface area contributed by atoms with E-state index in [9.17, 15) is 0 Å². The van der Waals surface area contributed by atoms with Gasteiger partial charge in [-0.3, -0.25) is 0 Å². The number of hydrogen-bond acceptors (Lipinski definition) is 0. The maximum absolute atomic E-state index is 3.09. The average Bonchev–Trinajstić information content (AvgIpc) is 2.34. The molecular formula is C9H9BrNZn-. The number of halogens is 1. The quantitative estimate of drug-likeness (QED) is 0.515. The topological polar surface area (TPSA) is 4.93 Å². The van der Waals surface area contributed by atoms with Crippen LogP contribution in [0.15, 0.2) is 30.3 Å². The Balaban J connectivity index is 0.000000605. The molecule has 0 N–H and O–H groups in total. The maximum atomic E-state index is 3.09. The van der Waals surface area contributed by atoms with Crippen LogP contribution in [0.5, 0.6) is 0 Å². The van der Waals surface area contributed by atoms with E-state index in [1.54, 1.807) is 0 Å². The second-order valence-corrected chi connectivity index (χ2v) is 2.39. The molecule has 0 aliphatic rings. The summed E-state index contributed by atoms with van der Waals surface area (Å²) in [6.07, 6.45) is 3.09. The Kier molecular flexibility index (Phi) is 4.73. The third kappa shape index (κ3) is 1.96. The van der Waals surface area contributed by atoms with Crippen LogP contribution < -0.4 is 0 Å². The molecule has 0 aliphatic heterocycles. The number of para-hydroxylation sites is 1. The summed E-state index contributed by atoms with van der Waals surface area (Å²) in [5, 5.41) is 1.25. The van der Waals surface area contributed by atoms with Gasteiger partial charge in [0.2, 0.25) is 0 Å². The van der Waals surface area contributed by atoms with Crippen molar-refractivity contribution in [2.24, 2.45) is 7.05 Å². The van der Waals surface area contributed by atoms with Crippen molar-refractivity contribution in [2.45, 2.75) is 0 Å². The van der Waals surface area contributed by atoms with Crippen molar-refractivity contribution >= 4 is 27.9 Å². The van der Waals surface area contributed by atoms with E-state index in [2.05, 4.69) is 18.3 Å². The van der Waals surface area contributed by atoms with Crippen LogP contribution >= 0.6 is 17.0 Å². The van der Waals surface area contributed by atoms with E-state index < -0.39 is 0 Å². The van der Waals surface area contributed by atoms with Crippen molar-refractivity contribution in [1.82, 2.24) is 4.57 Å². The second kappa shape index (κ2) is 4.78. The van der Waals surface area contributed by atoms with Gasteiger partial charge in [-0.25, -0.2) is 0 Å². The van der Waals surface area contributed by atoms with Crippen LogP contribution in [0.2, 0.25) is 0 Å². The largest absolute Gasteiger partial charge is 0.466 e. The smallest absolute Gasteiger partial charge is 0 e. The zero-order valence-electron chi connectivity index (χ0n) is 6.95. The summed E-state index contributed by atoms with van der Waals surface area (Å²) in [6, 6.07) is 10.2. The second-order valence-electron chi connectivity index (χ2n) is 2.39. The fourth-order valence-electron chi connectivity index (χ4n) is 1.15. The molecule has 0 radical (unpaired) electrons. The normalized spacial score (nSPS) is 8.75. The Morgan fingerprint density at radius 3 is 2.58 bits per heavy atom. The predicted molar refractivity (Wildman–Crippen MR) is 52.1 cm³/mol. The number of benzene rings is 1. The Labute approximate surface area is 95.3 Å². The number of nitrogens with zero attached hydrogens (tertiary/aromatic N) is 1. The van der Waals surface area contributed by atoms with Crippen molar-refractivity contribution in [3.63, 3.8) is 0 Å². The van der Waals surface area contributed by atoms with E-state index in [0.29, 0.717) is 0 Å². The first-order valence-corrected chi connectivity index (χ1v) is 3.30. The molecule has 0 spiro atoms. The van der Waals surface area contributed by atoms with Crippen LogP contribution in [0.4, 0.5) is 0 Å². The van der Waals surface area contributed by atoms with Gasteiger partial charge in [-0.05, 0) is 7.05 Å². The molecule has 0 saturated heterocycles. The molecule has 60 valence electrons. The zero-order chi connectivity index (χ0) is 6.97. The molecule has 0 fully saturated rings. The van der Waals surface area contributed by atoms with Gasteiger partial charge in [-0.2, -0.15) is 11.5 Å². The van der Waals surface area contributed by atoms with E-state index >= 15 is 0 Å². The zero-order valence-corrected chi connectivity index (χ0v) is 11.6. The summed E-state index contributed by atoms with van der Waals surface area (Å²) in [5.41, 5.74) is 1.24. The summed E-state index contributed by atoms with van der Waals surface area (Å²) < 4.78 is 2.00. The van der Waals surface area contributed by atoms with Crippen molar-refractivity contribution in [3.8, 4) is 0 Å². The monoisotopic (exact) mass is 274 g/mol. The standard InChI is InChI=1S/C9H8N.BrH.Zn/c1-10-7-6-8-4-2-3-5-9(8)10;;/h2-6H,1H3;1H;/q-1;;. The van der Waals surface area contributed by atoms with Crippen LogP contribution in [-0.2, 0) is 26.5 Å². The van der Waals surface area contributed by atoms with Crippen molar-refractivity contribution in [3.05, 3.63) is 36.5 Å². The minimum absolute atomic E-state index is 0. The van der Waals surface area contributed by atoms with Gasteiger partial charge in [0.05, 0.1) is 0 Å². The van der Waals surface area contributed by atoms with Crippen LogP contribution in [0.1, 0.15) is 0 Å². The molecule has 2 rings (SSSR count). The number of rotatable bonds is 0. The summed E-state index contributed by atoms with van der Waals surface area (Å²) in [7, 11) is 2.00. The van der Waals surface area contributed by atoms with Crippen LogP contribution in [-0.4, -0.2) is 4.57 Å². The minimum atomic E-state index is 0. The summed E-state index contributed by atoms with van der Waals surface area (Å²) >= 11 is 0. The number of hydrogen-bond donors (Lipinski definition) is 0. The maximum Gasteiger partial charge on any atom is 0 e. The van der Waals surface area contributed by atoms with E-state index in [1.807, 2.05) is 29.8 Å². The van der Waals surface area contributed by atoms with E-state index in [-0.39, 0.29) is 36.5 Å². The van der Waals surface area contributed by atoms with Gasteiger partial charge in [0.25, 0.3) is 0 Å². The third-order valence-corrected chi connectivity index (χ3v) is 1.71. The number of aromatic nitrogens is 1. The molecular weight excluding hydrogens is 267 g/mol. The molecule has 1 heterocycles. The number of fused-ring (bicyclic) bond motifs is 1. The van der Waals surface area contributed by atoms with Gasteiger partial charge in [-0.15, -0.1) is 40.8 Å². The fourth-order valence-corrected chi connectivity index (χ4v) is 1.15. The Hall–Kier alpha value is -0.137. The molecule has 0 saturated carbocycles. The molecule has 2 aromatic rings. The van der Waals surface area contributed by atoms with Gasteiger partial charge in [0, 0.05) is 19.5 Å². The minimum Gasteiger partial charge on any atom is -0.466 e. The van der Waals surface area contributed by atoms with E-state index in [4.69, 9.17) is 0 Å². The summed E-state index contributed by atoms with van der Waals surface area (Å²) in [6.45, 7) is 0. The van der Waals surface area contributed by atoms with Gasteiger partial charge in [-0.1, -0.05) is 12.1 Å². The molecule has 1 nitrogen and oxygen atoms in total. The molecule has 0 atom stereocenters. The van der Waals surface area contributed by atoms with Gasteiger partial charge in [0.15, 0.2) is 0 Å². The fraction of sp³-hybridized carbons (Fsp3) is 0.111. The Morgan fingerprint density at radius 2 is 1.92 bits per heavy atom. The van der Waals surface area contributed by atoms with E-state index in [1.165, 1.54) is 10.9 Å². The Morgan fingerprint density at radius 1 is 1.25 bits per heavy atom. The van der Waals surface area contributed by atoms with E-state index in [0.717, 1.165) is 0 Å². The number of aryl methyl sites for hydroxylation is 1. The summed E-state index contributed by atoms with van der Waals surface area (Å²) in [5.74, 6) is 0. The SMILES string of the molecule is Br.Cn1[c-]cc2ccccc21.[Zn]. The molecule has 12 heavy (non-hydrogen) atoms. The molecule has 1 aromatic carbocycles. The van der Waals surface area contributed by atoms with Crippen LogP contribution in [0.25, 0.3) is 10.9 Å². The van der Waals surface area contributed by atoms with Crippen molar-refractivity contribution < 1.29 is 19.5 Å². The molecule has 0 amide bonds. The first kappa shape index (κ1) is 11.9. The molecule has 1 aromatic heterocycles. The predicted octanol–water partition coefficient (Wildman–Crippen LogP) is 2.55. The average molecular weight is 276 g/mol. The van der Waals surface area contributed by atoms with Crippen LogP contribution in [0.3, 0.4) is 0 Å². The van der Waals surface area contributed by atoms with Gasteiger partial charge < -0.3 is 4.57 Å². The molecule has 0 bridgehead atoms. The van der Waals surface area contributed by atoms with Crippen molar-refractivity contribution in [1.29, 1.82) is 0 Å². The molecule has 0 aliphatic carbocycles. The van der Waals surface area contributed by atoms with Gasteiger partial charge >= 0.3 is 0 Å². The Bertz CT molecular complexity index is 356. The van der Waals surface area contributed by atoms with Gasteiger partial charge in [0.1, 0.15) is 0 Å². The first-order valence-electron chi connectivity index (χ1n) is 3.30. The molecule has 3 heteroatoms. The summed E-state index contributed by atoms with van der Waals surface area (Å²) in [4.78, 5) is 0. The van der Waals surface area contributed by atoms with Crippen molar-refractivity contribution in [2.75, 3.05) is 0 Å². The first-order chi connectivity index (χ1) is 4.88.